The highest BCUT2D eigenvalue weighted by molar-refractivity contribution is 9.10. The number of hydrogen-bond acceptors (Lipinski definition) is 4. The Morgan fingerprint density at radius 1 is 1.29 bits per heavy atom. The average Bonchev–Trinajstić information content (AvgIpc) is 2.18. The van der Waals surface area contributed by atoms with E-state index in [0.717, 1.165) is 23.4 Å². The van der Waals surface area contributed by atoms with Crippen molar-refractivity contribution in [2.75, 3.05) is 31.1 Å². The molecule has 14 heavy (non-hydrogen) atoms. The largest absolute Gasteiger partial charge is 0.353 e. The Balaban J connectivity index is 2.81. The van der Waals surface area contributed by atoms with E-state index in [0.29, 0.717) is 13.1 Å². The average molecular weight is 259 g/mol. The molecule has 1 heterocycles. The number of nitrogens with two attached hydrogens (primary N) is 2. The van der Waals surface area contributed by atoms with Crippen LogP contribution in [0.4, 0.5) is 5.82 Å². The molecular formula is C9H15BrN4. The van der Waals surface area contributed by atoms with Gasteiger partial charge in [-0.2, -0.15) is 0 Å². The zero-order valence-corrected chi connectivity index (χ0v) is 9.57. The first kappa shape index (κ1) is 11.4. The maximum atomic E-state index is 5.52. The Labute approximate surface area is 92.4 Å². The van der Waals surface area contributed by atoms with Gasteiger partial charge in [-0.15, -0.1) is 0 Å². The zero-order valence-electron chi connectivity index (χ0n) is 7.99. The first-order valence-electron chi connectivity index (χ1n) is 4.55. The summed E-state index contributed by atoms with van der Waals surface area (Å²) in [5.41, 5.74) is 11.0. The summed E-state index contributed by atoms with van der Waals surface area (Å²) < 4.78 is 0.974. The van der Waals surface area contributed by atoms with Gasteiger partial charge in [0.2, 0.25) is 0 Å². The van der Waals surface area contributed by atoms with Gasteiger partial charge in [0.1, 0.15) is 5.82 Å². The predicted molar refractivity (Wildman–Crippen MR) is 62.3 cm³/mol. The fourth-order valence-corrected chi connectivity index (χ4v) is 1.75. The second-order valence-corrected chi connectivity index (χ2v) is 3.73. The molecule has 0 bridgehead atoms. The topological polar surface area (TPSA) is 68.2 Å². The van der Waals surface area contributed by atoms with E-state index >= 15 is 0 Å². The van der Waals surface area contributed by atoms with E-state index in [1.807, 2.05) is 12.1 Å². The summed E-state index contributed by atoms with van der Waals surface area (Å²) >= 11 is 3.45. The van der Waals surface area contributed by atoms with Gasteiger partial charge < -0.3 is 16.4 Å². The third-order valence-electron chi connectivity index (χ3n) is 1.84. The standard InChI is InChI=1S/C9H15BrN4/c10-8-2-1-5-13-9(8)14(6-3-11)7-4-12/h1-2,5H,3-4,6-7,11-12H2. The van der Waals surface area contributed by atoms with E-state index in [1.165, 1.54) is 0 Å². The van der Waals surface area contributed by atoms with Crippen LogP contribution in [0.1, 0.15) is 0 Å². The van der Waals surface area contributed by atoms with E-state index in [2.05, 4.69) is 25.8 Å². The second-order valence-electron chi connectivity index (χ2n) is 2.87. The van der Waals surface area contributed by atoms with Gasteiger partial charge in [0.25, 0.3) is 0 Å². The van der Waals surface area contributed by atoms with Crippen LogP contribution in [0.5, 0.6) is 0 Å². The summed E-state index contributed by atoms with van der Waals surface area (Å²) in [7, 11) is 0. The molecule has 0 radical (unpaired) electrons. The van der Waals surface area contributed by atoms with E-state index in [-0.39, 0.29) is 0 Å². The molecule has 0 saturated heterocycles. The number of anilines is 1. The van der Waals surface area contributed by atoms with Crippen LogP contribution >= 0.6 is 15.9 Å². The fourth-order valence-electron chi connectivity index (χ4n) is 1.25. The first-order valence-corrected chi connectivity index (χ1v) is 5.34. The lowest BCUT2D eigenvalue weighted by Gasteiger charge is -2.23. The summed E-state index contributed by atoms with van der Waals surface area (Å²) in [6.07, 6.45) is 1.76. The smallest absolute Gasteiger partial charge is 0.142 e. The third kappa shape index (κ3) is 2.94. The number of pyridine rings is 1. The van der Waals surface area contributed by atoms with Crippen LogP contribution in [0.2, 0.25) is 0 Å². The molecule has 78 valence electrons. The Kier molecular flexibility index (Phi) is 4.86. The predicted octanol–water partition coefficient (Wildman–Crippen LogP) is 0.568. The second kappa shape index (κ2) is 5.95. The monoisotopic (exact) mass is 258 g/mol. The third-order valence-corrected chi connectivity index (χ3v) is 2.46. The van der Waals surface area contributed by atoms with Crippen molar-refractivity contribution in [3.05, 3.63) is 22.8 Å². The van der Waals surface area contributed by atoms with Crippen molar-refractivity contribution < 1.29 is 0 Å². The summed E-state index contributed by atoms with van der Waals surface area (Å²) in [5.74, 6) is 0.906. The minimum atomic E-state index is 0.600. The maximum Gasteiger partial charge on any atom is 0.142 e. The summed E-state index contributed by atoms with van der Waals surface area (Å²) in [4.78, 5) is 6.36. The SMILES string of the molecule is NCCN(CCN)c1ncccc1Br. The van der Waals surface area contributed by atoms with E-state index in [4.69, 9.17) is 11.5 Å². The highest BCUT2D eigenvalue weighted by Crippen LogP contribution is 2.21. The van der Waals surface area contributed by atoms with Gasteiger partial charge in [0.05, 0.1) is 4.47 Å². The van der Waals surface area contributed by atoms with Crippen molar-refractivity contribution >= 4 is 21.7 Å². The Morgan fingerprint density at radius 2 is 1.93 bits per heavy atom. The molecule has 0 spiro atoms. The van der Waals surface area contributed by atoms with Crippen LogP contribution in [0.3, 0.4) is 0 Å². The molecule has 0 aliphatic heterocycles. The molecule has 5 heteroatoms. The van der Waals surface area contributed by atoms with Crippen LogP contribution in [0, 0.1) is 0 Å². The number of hydrogen-bond donors (Lipinski definition) is 2. The molecule has 0 aliphatic rings. The molecule has 1 rings (SSSR count). The highest BCUT2D eigenvalue weighted by atomic mass is 79.9. The van der Waals surface area contributed by atoms with Crippen LogP contribution in [-0.2, 0) is 0 Å². The van der Waals surface area contributed by atoms with Crippen molar-refractivity contribution in [2.24, 2.45) is 11.5 Å². The molecule has 0 fully saturated rings. The Hall–Kier alpha value is -0.650. The zero-order chi connectivity index (χ0) is 10.4. The molecular weight excluding hydrogens is 244 g/mol. The van der Waals surface area contributed by atoms with Gasteiger partial charge in [-0.3, -0.25) is 0 Å². The first-order chi connectivity index (χ1) is 6.79. The van der Waals surface area contributed by atoms with Gasteiger partial charge >= 0.3 is 0 Å². The Morgan fingerprint density at radius 3 is 2.43 bits per heavy atom. The van der Waals surface area contributed by atoms with E-state index in [9.17, 15) is 0 Å². The molecule has 0 aliphatic carbocycles. The van der Waals surface area contributed by atoms with Crippen LogP contribution < -0.4 is 16.4 Å². The van der Waals surface area contributed by atoms with Crippen molar-refractivity contribution in [2.45, 2.75) is 0 Å². The van der Waals surface area contributed by atoms with Gasteiger partial charge in [0, 0.05) is 32.4 Å². The number of rotatable bonds is 5. The van der Waals surface area contributed by atoms with Crippen LogP contribution in [0.25, 0.3) is 0 Å². The fraction of sp³-hybridized carbons (Fsp3) is 0.444. The van der Waals surface area contributed by atoms with Crippen molar-refractivity contribution in [1.29, 1.82) is 0 Å². The summed E-state index contributed by atoms with van der Waals surface area (Å²) in [5, 5.41) is 0. The van der Waals surface area contributed by atoms with Crippen molar-refractivity contribution in [1.82, 2.24) is 4.98 Å². The van der Waals surface area contributed by atoms with Crippen molar-refractivity contribution in [3.8, 4) is 0 Å². The molecule has 0 aromatic carbocycles. The molecule has 4 N–H and O–H groups in total. The lowest BCUT2D eigenvalue weighted by atomic mass is 10.4. The molecule has 4 nitrogen and oxygen atoms in total. The lowest BCUT2D eigenvalue weighted by molar-refractivity contribution is 0.768. The van der Waals surface area contributed by atoms with E-state index in [1.54, 1.807) is 6.20 Å². The summed E-state index contributed by atoms with van der Waals surface area (Å²) in [6, 6.07) is 3.85. The minimum Gasteiger partial charge on any atom is -0.353 e. The van der Waals surface area contributed by atoms with Crippen molar-refractivity contribution in [3.63, 3.8) is 0 Å². The van der Waals surface area contributed by atoms with Gasteiger partial charge in [-0.05, 0) is 28.1 Å². The highest BCUT2D eigenvalue weighted by Gasteiger charge is 2.08. The molecule has 0 saturated carbocycles. The summed E-state index contributed by atoms with van der Waals surface area (Å²) in [6.45, 7) is 2.74. The Bertz CT molecular complexity index is 273. The van der Waals surface area contributed by atoms with Gasteiger partial charge in [0.15, 0.2) is 0 Å². The number of halogens is 1. The van der Waals surface area contributed by atoms with Crippen LogP contribution in [-0.4, -0.2) is 31.2 Å². The molecule has 0 amide bonds. The number of nitrogens with zero attached hydrogens (tertiary/aromatic N) is 2. The molecule has 1 aromatic rings. The van der Waals surface area contributed by atoms with E-state index < -0.39 is 0 Å². The maximum absolute atomic E-state index is 5.52. The lowest BCUT2D eigenvalue weighted by Crippen LogP contribution is -2.34. The van der Waals surface area contributed by atoms with Crippen LogP contribution in [0.15, 0.2) is 22.8 Å². The molecule has 0 atom stereocenters. The molecule has 0 unspecified atom stereocenters. The minimum absolute atomic E-state index is 0.600. The van der Waals surface area contributed by atoms with Gasteiger partial charge in [-0.25, -0.2) is 4.98 Å². The van der Waals surface area contributed by atoms with Gasteiger partial charge in [-0.1, -0.05) is 0 Å². The quantitative estimate of drug-likeness (QED) is 0.811. The normalized spacial score (nSPS) is 10.2. The molecule has 1 aromatic heterocycles. The number of aromatic nitrogens is 1.